The van der Waals surface area contributed by atoms with Crippen LogP contribution in [0.4, 0.5) is 10.5 Å². The molecule has 0 aliphatic carbocycles. The third kappa shape index (κ3) is 2.91. The molecule has 0 unspecified atom stereocenters. The van der Waals surface area contributed by atoms with E-state index in [9.17, 15) is 9.59 Å². The van der Waals surface area contributed by atoms with Gasteiger partial charge in [0.1, 0.15) is 6.26 Å². The lowest BCUT2D eigenvalue weighted by Gasteiger charge is -2.10. The number of benzene rings is 1. The number of carbonyl (C=O) groups excluding carboxylic acids is 1. The minimum absolute atomic E-state index is 0.246. The second kappa shape index (κ2) is 6.31. The first kappa shape index (κ1) is 14.8. The molecular weight excluding hydrogens is 296 g/mol. The molecule has 6 nitrogen and oxygen atoms in total. The number of fused-ring (bicyclic) bond motifs is 1. The summed E-state index contributed by atoms with van der Waals surface area (Å²) in [7, 11) is 0. The van der Waals surface area contributed by atoms with Gasteiger partial charge in [-0.2, -0.15) is 0 Å². The molecule has 0 aliphatic rings. The van der Waals surface area contributed by atoms with E-state index in [1.165, 1.54) is 12.5 Å². The van der Waals surface area contributed by atoms with Crippen LogP contribution in [-0.2, 0) is 4.74 Å². The van der Waals surface area contributed by atoms with Gasteiger partial charge in [0.05, 0.1) is 17.9 Å². The predicted octanol–water partition coefficient (Wildman–Crippen LogP) is 3.42. The monoisotopic (exact) mass is 310 g/mol. The zero-order valence-corrected chi connectivity index (χ0v) is 12.4. The number of amides is 1. The first-order chi connectivity index (χ1) is 11.2. The first-order valence-electron chi connectivity index (χ1n) is 7.10. The molecule has 3 aromatic rings. The maximum absolute atomic E-state index is 12.6. The molecule has 2 heterocycles. The minimum Gasteiger partial charge on any atom is -0.462 e. The summed E-state index contributed by atoms with van der Waals surface area (Å²) in [6.45, 7) is 1.98. The number of hydrogen-bond acceptors (Lipinski definition) is 5. The second-order valence-corrected chi connectivity index (χ2v) is 4.72. The number of hydrogen-bond donors (Lipinski definition) is 1. The van der Waals surface area contributed by atoms with E-state index in [-0.39, 0.29) is 17.6 Å². The number of aromatic nitrogens is 1. The van der Waals surface area contributed by atoms with Gasteiger partial charge in [-0.15, -0.1) is 0 Å². The van der Waals surface area contributed by atoms with Crippen molar-refractivity contribution < 1.29 is 13.9 Å². The largest absolute Gasteiger partial charge is 0.462 e. The molecule has 6 heteroatoms. The van der Waals surface area contributed by atoms with E-state index >= 15 is 0 Å². The van der Waals surface area contributed by atoms with Crippen molar-refractivity contribution in [1.29, 1.82) is 0 Å². The molecule has 0 bridgehead atoms. The molecule has 0 spiro atoms. The lowest BCUT2D eigenvalue weighted by molar-refractivity contribution is 0.168. The summed E-state index contributed by atoms with van der Waals surface area (Å²) in [4.78, 5) is 28.3. The van der Waals surface area contributed by atoms with Crippen molar-refractivity contribution in [1.82, 2.24) is 4.98 Å². The first-order valence-corrected chi connectivity index (χ1v) is 7.10. The van der Waals surface area contributed by atoms with E-state index < -0.39 is 6.09 Å². The van der Waals surface area contributed by atoms with Crippen LogP contribution in [0.5, 0.6) is 0 Å². The smallest absolute Gasteiger partial charge is 0.411 e. The van der Waals surface area contributed by atoms with Gasteiger partial charge in [0, 0.05) is 11.8 Å². The van der Waals surface area contributed by atoms with Crippen molar-refractivity contribution in [3.63, 3.8) is 0 Å². The molecular formula is C17H14N2O4. The number of rotatable bonds is 3. The summed E-state index contributed by atoms with van der Waals surface area (Å²) >= 11 is 0. The van der Waals surface area contributed by atoms with Crippen molar-refractivity contribution >= 4 is 22.9 Å². The standard InChI is InChI=1S/C17H14N2O4/c1-2-22-17(21)19-13-7-4-3-6-11(13)12-10-23-14-8-5-9-18-15(14)16(12)20/h3-10H,2H2,1H3,(H,19,21). The SMILES string of the molecule is CCOC(=O)Nc1ccccc1-c1coc2cccnc2c1=O. The number of carbonyl (C=O) groups is 1. The Kier molecular flexibility index (Phi) is 4.05. The van der Waals surface area contributed by atoms with Crippen LogP contribution in [0.15, 0.2) is 58.1 Å². The van der Waals surface area contributed by atoms with Crippen LogP contribution in [0.2, 0.25) is 0 Å². The topological polar surface area (TPSA) is 81.4 Å². The summed E-state index contributed by atoms with van der Waals surface area (Å²) in [6, 6.07) is 10.3. The Morgan fingerprint density at radius 3 is 2.87 bits per heavy atom. The van der Waals surface area contributed by atoms with Crippen LogP contribution in [0.25, 0.3) is 22.2 Å². The van der Waals surface area contributed by atoms with Gasteiger partial charge in [-0.05, 0) is 25.1 Å². The number of ether oxygens (including phenoxy) is 1. The highest BCUT2D eigenvalue weighted by Crippen LogP contribution is 2.26. The van der Waals surface area contributed by atoms with Crippen molar-refractivity contribution in [3.8, 4) is 11.1 Å². The fourth-order valence-electron chi connectivity index (χ4n) is 2.25. The van der Waals surface area contributed by atoms with E-state index in [1.807, 2.05) is 0 Å². The highest BCUT2D eigenvalue weighted by molar-refractivity contribution is 5.92. The van der Waals surface area contributed by atoms with E-state index in [0.717, 1.165) is 0 Å². The number of anilines is 1. The quantitative estimate of drug-likeness (QED) is 0.801. The third-order valence-corrected chi connectivity index (χ3v) is 3.26. The molecule has 0 radical (unpaired) electrons. The predicted molar refractivity (Wildman–Crippen MR) is 86.4 cm³/mol. The van der Waals surface area contributed by atoms with Crippen LogP contribution in [-0.4, -0.2) is 17.7 Å². The molecule has 1 N–H and O–H groups in total. The number of nitrogens with one attached hydrogen (secondary N) is 1. The van der Waals surface area contributed by atoms with Gasteiger partial charge in [0.2, 0.25) is 5.43 Å². The molecule has 0 saturated carbocycles. The average Bonchev–Trinajstić information content (AvgIpc) is 2.57. The summed E-state index contributed by atoms with van der Waals surface area (Å²) < 4.78 is 10.4. The van der Waals surface area contributed by atoms with Gasteiger partial charge >= 0.3 is 6.09 Å². The molecule has 0 aliphatic heterocycles. The van der Waals surface area contributed by atoms with Gasteiger partial charge in [0.15, 0.2) is 11.1 Å². The van der Waals surface area contributed by atoms with Gasteiger partial charge in [0.25, 0.3) is 0 Å². The summed E-state index contributed by atoms with van der Waals surface area (Å²) in [5.41, 5.74) is 1.73. The normalized spacial score (nSPS) is 10.5. The summed E-state index contributed by atoms with van der Waals surface area (Å²) in [5, 5.41) is 2.62. The Balaban J connectivity index is 2.11. The molecule has 1 aromatic carbocycles. The van der Waals surface area contributed by atoms with Crippen molar-refractivity contribution in [2.24, 2.45) is 0 Å². The zero-order valence-electron chi connectivity index (χ0n) is 12.4. The van der Waals surface area contributed by atoms with Crippen molar-refractivity contribution in [2.45, 2.75) is 6.92 Å². The van der Waals surface area contributed by atoms with Gasteiger partial charge in [-0.25, -0.2) is 9.78 Å². The van der Waals surface area contributed by atoms with E-state index in [4.69, 9.17) is 9.15 Å². The van der Waals surface area contributed by atoms with Crippen LogP contribution >= 0.6 is 0 Å². The molecule has 3 rings (SSSR count). The Hall–Kier alpha value is -3.15. The van der Waals surface area contributed by atoms with Crippen LogP contribution in [0.1, 0.15) is 6.92 Å². The van der Waals surface area contributed by atoms with Crippen molar-refractivity contribution in [3.05, 3.63) is 59.1 Å². The average molecular weight is 310 g/mol. The van der Waals surface area contributed by atoms with Crippen LogP contribution < -0.4 is 10.7 Å². The van der Waals surface area contributed by atoms with E-state index in [0.29, 0.717) is 22.4 Å². The molecule has 1 amide bonds. The fraction of sp³-hybridized carbons (Fsp3) is 0.118. The molecule has 23 heavy (non-hydrogen) atoms. The highest BCUT2D eigenvalue weighted by Gasteiger charge is 2.14. The fourth-order valence-corrected chi connectivity index (χ4v) is 2.25. The Morgan fingerprint density at radius 1 is 1.22 bits per heavy atom. The van der Waals surface area contributed by atoms with Gasteiger partial charge in [-0.3, -0.25) is 10.1 Å². The third-order valence-electron chi connectivity index (χ3n) is 3.26. The van der Waals surface area contributed by atoms with Crippen LogP contribution in [0, 0.1) is 0 Å². The van der Waals surface area contributed by atoms with Crippen LogP contribution in [0.3, 0.4) is 0 Å². The molecule has 0 saturated heterocycles. The van der Waals surface area contributed by atoms with Crippen molar-refractivity contribution in [2.75, 3.05) is 11.9 Å². The van der Waals surface area contributed by atoms with E-state index in [1.54, 1.807) is 43.3 Å². The number of nitrogens with zero attached hydrogens (tertiary/aromatic N) is 1. The second-order valence-electron chi connectivity index (χ2n) is 4.72. The number of para-hydroxylation sites is 1. The minimum atomic E-state index is -0.580. The lowest BCUT2D eigenvalue weighted by atomic mass is 10.0. The molecule has 116 valence electrons. The maximum atomic E-state index is 12.6. The van der Waals surface area contributed by atoms with Gasteiger partial charge < -0.3 is 9.15 Å². The molecule has 2 aromatic heterocycles. The molecule has 0 fully saturated rings. The summed E-state index contributed by atoms with van der Waals surface area (Å²) in [5.74, 6) is 0. The highest BCUT2D eigenvalue weighted by atomic mass is 16.5. The Labute approximate surface area is 131 Å². The lowest BCUT2D eigenvalue weighted by Crippen LogP contribution is -2.15. The van der Waals surface area contributed by atoms with Gasteiger partial charge in [-0.1, -0.05) is 18.2 Å². The molecule has 0 atom stereocenters. The maximum Gasteiger partial charge on any atom is 0.411 e. The van der Waals surface area contributed by atoms with E-state index in [2.05, 4.69) is 10.3 Å². The Bertz CT molecular complexity index is 918. The zero-order chi connectivity index (χ0) is 16.2. The number of pyridine rings is 1. The Morgan fingerprint density at radius 2 is 2.04 bits per heavy atom. The summed E-state index contributed by atoms with van der Waals surface area (Å²) in [6.07, 6.45) is 2.33.